The molecule has 0 atom stereocenters. The van der Waals surface area contributed by atoms with Gasteiger partial charge in [0.1, 0.15) is 6.54 Å². The molecule has 3 aromatic rings. The van der Waals surface area contributed by atoms with Crippen molar-refractivity contribution in [3.8, 4) is 0 Å². The summed E-state index contributed by atoms with van der Waals surface area (Å²) in [6.07, 6.45) is 0. The van der Waals surface area contributed by atoms with Gasteiger partial charge in [0.25, 0.3) is 15.9 Å². The Balaban J connectivity index is 1.83. The van der Waals surface area contributed by atoms with Crippen LogP contribution >= 0.6 is 23.2 Å². The van der Waals surface area contributed by atoms with Crippen LogP contribution in [0.25, 0.3) is 0 Å². The number of nitrogens with zero attached hydrogens (tertiary/aromatic N) is 2. The van der Waals surface area contributed by atoms with Crippen LogP contribution in [0.4, 0.5) is 11.4 Å². The number of rotatable bonds is 8. The number of amides is 2. The zero-order valence-electron chi connectivity index (χ0n) is 18.8. The molecule has 0 bridgehead atoms. The quantitative estimate of drug-likeness (QED) is 0.324. The molecule has 2 N–H and O–H groups in total. The molecule has 182 valence electrons. The van der Waals surface area contributed by atoms with Crippen LogP contribution in [0, 0.1) is 0 Å². The molecule has 11 heteroatoms. The van der Waals surface area contributed by atoms with Crippen molar-refractivity contribution < 1.29 is 18.0 Å². The van der Waals surface area contributed by atoms with Crippen LogP contribution in [0.2, 0.25) is 10.0 Å². The summed E-state index contributed by atoms with van der Waals surface area (Å²) >= 11 is 12.2. The van der Waals surface area contributed by atoms with Crippen molar-refractivity contribution in [1.82, 2.24) is 5.43 Å². The Kier molecular flexibility index (Phi) is 8.50. The summed E-state index contributed by atoms with van der Waals surface area (Å²) in [5.74, 6) is -0.865. The van der Waals surface area contributed by atoms with Crippen LogP contribution in [-0.2, 0) is 19.6 Å². The minimum absolute atomic E-state index is 0.00208. The van der Waals surface area contributed by atoms with Crippen molar-refractivity contribution in [3.63, 3.8) is 0 Å². The molecule has 0 spiro atoms. The fourth-order valence-electron chi connectivity index (χ4n) is 3.08. The van der Waals surface area contributed by atoms with E-state index >= 15 is 0 Å². The van der Waals surface area contributed by atoms with Gasteiger partial charge in [-0.05, 0) is 55.0 Å². The fourth-order valence-corrected chi connectivity index (χ4v) is 5.10. The summed E-state index contributed by atoms with van der Waals surface area (Å²) in [5, 5.41) is 7.14. The summed E-state index contributed by atoms with van der Waals surface area (Å²) in [6.45, 7) is 2.52. The van der Waals surface area contributed by atoms with Crippen molar-refractivity contribution in [2.24, 2.45) is 5.10 Å². The normalized spacial score (nSPS) is 11.6. The molecular weight excluding hydrogens is 511 g/mol. The second-order valence-corrected chi connectivity index (χ2v) is 10.1. The summed E-state index contributed by atoms with van der Waals surface area (Å²) in [6, 6.07) is 18.9. The van der Waals surface area contributed by atoms with Gasteiger partial charge in [0, 0.05) is 17.6 Å². The third-order valence-corrected chi connectivity index (χ3v) is 7.08. The number of sulfonamides is 1. The predicted octanol–water partition coefficient (Wildman–Crippen LogP) is 4.69. The van der Waals surface area contributed by atoms with E-state index < -0.39 is 22.5 Å². The van der Waals surface area contributed by atoms with E-state index in [1.807, 2.05) is 0 Å². The van der Waals surface area contributed by atoms with Crippen molar-refractivity contribution in [2.75, 3.05) is 16.2 Å². The maximum atomic E-state index is 13.4. The molecule has 0 aliphatic heterocycles. The Bertz CT molecular complexity index is 1360. The highest BCUT2D eigenvalue weighted by Gasteiger charge is 2.28. The summed E-state index contributed by atoms with van der Waals surface area (Å²) in [4.78, 5) is 23.9. The minimum Gasteiger partial charge on any atom is -0.326 e. The first kappa shape index (κ1) is 26.2. The molecule has 2 amide bonds. The highest BCUT2D eigenvalue weighted by atomic mass is 35.5. The van der Waals surface area contributed by atoms with Gasteiger partial charge in [0.15, 0.2) is 0 Å². The third-order valence-electron chi connectivity index (χ3n) is 4.77. The lowest BCUT2D eigenvalue weighted by atomic mass is 10.1. The molecular formula is C24H22Cl2N4O4S. The van der Waals surface area contributed by atoms with E-state index in [1.165, 1.54) is 37.3 Å². The zero-order valence-corrected chi connectivity index (χ0v) is 21.2. The highest BCUT2D eigenvalue weighted by Crippen LogP contribution is 2.32. The molecule has 0 radical (unpaired) electrons. The number of nitrogens with one attached hydrogen (secondary N) is 2. The van der Waals surface area contributed by atoms with Crippen LogP contribution in [0.5, 0.6) is 0 Å². The van der Waals surface area contributed by atoms with Gasteiger partial charge in [-0.3, -0.25) is 13.9 Å². The fraction of sp³-hybridized carbons (Fsp3) is 0.125. The Labute approximate surface area is 213 Å². The van der Waals surface area contributed by atoms with Gasteiger partial charge in [0.05, 0.1) is 21.3 Å². The number of hydrogen-bond acceptors (Lipinski definition) is 5. The summed E-state index contributed by atoms with van der Waals surface area (Å²) < 4.78 is 27.6. The van der Waals surface area contributed by atoms with E-state index in [4.69, 9.17) is 23.2 Å². The number of halogens is 2. The van der Waals surface area contributed by atoms with E-state index in [-0.39, 0.29) is 21.5 Å². The Morgan fingerprint density at radius 1 is 0.943 bits per heavy atom. The van der Waals surface area contributed by atoms with Gasteiger partial charge < -0.3 is 5.32 Å². The standard InChI is InChI=1S/C24H22Cl2N4O4S/c1-16(18-8-11-20(12-9-18)27-17(2)31)28-29-24(32)15-30(23-13-10-19(25)14-22(23)26)35(33,34)21-6-4-3-5-7-21/h3-14H,15H2,1-2H3,(H,27,31)(H,29,32)/b28-16-. The summed E-state index contributed by atoms with van der Waals surface area (Å²) in [5.41, 5.74) is 4.30. The van der Waals surface area contributed by atoms with Crippen LogP contribution in [-0.4, -0.2) is 32.5 Å². The van der Waals surface area contributed by atoms with E-state index in [0.717, 1.165) is 4.31 Å². The van der Waals surface area contributed by atoms with E-state index in [2.05, 4.69) is 15.8 Å². The maximum absolute atomic E-state index is 13.4. The average Bonchev–Trinajstić information content (AvgIpc) is 2.82. The average molecular weight is 533 g/mol. The molecule has 3 aromatic carbocycles. The number of carbonyl (C=O) groups is 2. The van der Waals surface area contributed by atoms with E-state index in [0.29, 0.717) is 22.0 Å². The Hall–Kier alpha value is -3.40. The minimum atomic E-state index is -4.13. The number of carbonyl (C=O) groups excluding carboxylic acids is 2. The van der Waals surface area contributed by atoms with Crippen LogP contribution in [0.15, 0.2) is 82.8 Å². The van der Waals surface area contributed by atoms with Gasteiger partial charge in [-0.1, -0.05) is 53.5 Å². The number of hydrogen-bond donors (Lipinski definition) is 2. The molecule has 8 nitrogen and oxygen atoms in total. The van der Waals surface area contributed by atoms with Gasteiger partial charge in [0.2, 0.25) is 5.91 Å². The molecule has 0 unspecified atom stereocenters. The second-order valence-electron chi connectivity index (χ2n) is 7.41. The molecule has 0 aliphatic carbocycles. The molecule has 35 heavy (non-hydrogen) atoms. The van der Waals surface area contributed by atoms with Gasteiger partial charge in [-0.25, -0.2) is 13.8 Å². The third kappa shape index (κ3) is 6.82. The predicted molar refractivity (Wildman–Crippen MR) is 139 cm³/mol. The van der Waals surface area contributed by atoms with E-state index in [1.54, 1.807) is 49.4 Å². The van der Waals surface area contributed by atoms with Crippen LogP contribution < -0.4 is 15.0 Å². The van der Waals surface area contributed by atoms with Crippen LogP contribution in [0.3, 0.4) is 0 Å². The molecule has 0 fully saturated rings. The van der Waals surface area contributed by atoms with E-state index in [9.17, 15) is 18.0 Å². The lowest BCUT2D eigenvalue weighted by Crippen LogP contribution is -2.40. The monoisotopic (exact) mass is 532 g/mol. The SMILES string of the molecule is CC(=O)Nc1ccc(/C(C)=N\NC(=O)CN(c2ccc(Cl)cc2Cl)S(=O)(=O)c2ccccc2)cc1. The number of benzene rings is 3. The lowest BCUT2D eigenvalue weighted by Gasteiger charge is -2.24. The Morgan fingerprint density at radius 2 is 1.60 bits per heavy atom. The summed E-state index contributed by atoms with van der Waals surface area (Å²) in [7, 11) is -4.13. The van der Waals surface area contributed by atoms with Gasteiger partial charge in [-0.2, -0.15) is 5.10 Å². The van der Waals surface area contributed by atoms with Crippen molar-refractivity contribution in [3.05, 3.63) is 88.4 Å². The zero-order chi connectivity index (χ0) is 25.6. The molecule has 3 rings (SSSR count). The number of hydrazone groups is 1. The molecule has 0 aromatic heterocycles. The van der Waals surface area contributed by atoms with Crippen LogP contribution in [0.1, 0.15) is 19.4 Å². The maximum Gasteiger partial charge on any atom is 0.264 e. The topological polar surface area (TPSA) is 108 Å². The molecule has 0 aliphatic rings. The lowest BCUT2D eigenvalue weighted by molar-refractivity contribution is -0.119. The van der Waals surface area contributed by atoms with Gasteiger partial charge in [-0.15, -0.1) is 0 Å². The number of anilines is 2. The first-order valence-electron chi connectivity index (χ1n) is 10.3. The van der Waals surface area contributed by atoms with Crippen molar-refractivity contribution in [1.29, 1.82) is 0 Å². The van der Waals surface area contributed by atoms with Crippen molar-refractivity contribution >= 4 is 62.1 Å². The largest absolute Gasteiger partial charge is 0.326 e. The molecule has 0 heterocycles. The molecule has 0 saturated heterocycles. The molecule has 0 saturated carbocycles. The Morgan fingerprint density at radius 3 is 2.20 bits per heavy atom. The van der Waals surface area contributed by atoms with Gasteiger partial charge >= 0.3 is 0 Å². The highest BCUT2D eigenvalue weighted by molar-refractivity contribution is 7.92. The smallest absolute Gasteiger partial charge is 0.264 e. The first-order valence-corrected chi connectivity index (χ1v) is 12.5. The second kappa shape index (κ2) is 11.4. The first-order chi connectivity index (χ1) is 16.6. The van der Waals surface area contributed by atoms with Crippen molar-refractivity contribution in [2.45, 2.75) is 18.7 Å².